The molecular formula is C23H30B2N2O6. The fourth-order valence-corrected chi connectivity index (χ4v) is 4.62. The molecule has 2 heterocycles. The minimum atomic E-state index is -0.840. The Hall–Kier alpha value is -2.65. The van der Waals surface area contributed by atoms with E-state index in [-0.39, 0.29) is 30.9 Å². The highest BCUT2D eigenvalue weighted by atomic mass is 16.5. The van der Waals surface area contributed by atoms with E-state index in [1.54, 1.807) is 18.5 Å². The van der Waals surface area contributed by atoms with Crippen LogP contribution in [0.3, 0.4) is 0 Å². The topological polar surface area (TPSA) is 111 Å². The molecule has 3 N–H and O–H groups in total. The van der Waals surface area contributed by atoms with Gasteiger partial charge in [-0.15, -0.1) is 0 Å². The number of carboxylic acids is 1. The summed E-state index contributed by atoms with van der Waals surface area (Å²) in [5.41, 5.74) is 4.40. The lowest BCUT2D eigenvalue weighted by atomic mass is 9.83. The normalized spacial score (nSPS) is 19.2. The van der Waals surface area contributed by atoms with E-state index in [9.17, 15) is 19.6 Å². The van der Waals surface area contributed by atoms with Gasteiger partial charge in [0.1, 0.15) is 0 Å². The molecule has 0 radical (unpaired) electrons. The summed E-state index contributed by atoms with van der Waals surface area (Å²) in [5.74, 6) is -1.09. The van der Waals surface area contributed by atoms with Crippen molar-refractivity contribution in [3.05, 3.63) is 70.8 Å². The number of carbonyl (C=O) groups excluding carboxylic acids is 1. The number of benzene rings is 2. The molecule has 0 fully saturated rings. The Morgan fingerprint density at radius 1 is 0.879 bits per heavy atom. The van der Waals surface area contributed by atoms with Gasteiger partial charge in [-0.1, -0.05) is 48.5 Å². The third-order valence-electron chi connectivity index (χ3n) is 6.25. The van der Waals surface area contributed by atoms with Crippen LogP contribution in [0.15, 0.2) is 48.5 Å². The summed E-state index contributed by atoms with van der Waals surface area (Å²) in [5, 5.41) is 28.3. The Labute approximate surface area is 195 Å². The summed E-state index contributed by atoms with van der Waals surface area (Å²) in [6.45, 7) is 4.68. The van der Waals surface area contributed by atoms with Crippen LogP contribution in [-0.4, -0.2) is 57.9 Å². The van der Waals surface area contributed by atoms with E-state index < -0.39 is 20.1 Å². The molecule has 4 rings (SSSR count). The summed E-state index contributed by atoms with van der Waals surface area (Å²) < 4.78 is 4.71. The molecule has 8 nitrogen and oxygen atoms in total. The van der Waals surface area contributed by atoms with Gasteiger partial charge in [0, 0.05) is 25.2 Å². The zero-order valence-electron chi connectivity index (χ0n) is 19.2. The Morgan fingerprint density at radius 3 is 1.70 bits per heavy atom. The molecule has 2 aliphatic rings. The molecule has 0 amide bonds. The summed E-state index contributed by atoms with van der Waals surface area (Å²) in [4.78, 5) is 25.9. The quantitative estimate of drug-likeness (QED) is 0.453. The van der Waals surface area contributed by atoms with Crippen molar-refractivity contribution < 1.29 is 29.5 Å². The van der Waals surface area contributed by atoms with Gasteiger partial charge in [-0.3, -0.25) is 9.59 Å². The minimum absolute atomic E-state index is 0.0297. The number of methoxy groups -OCH3 is 1. The average Bonchev–Trinajstić information content (AvgIpc) is 3.33. The zero-order chi connectivity index (χ0) is 24.1. The van der Waals surface area contributed by atoms with Gasteiger partial charge in [-0.05, 0) is 35.9 Å². The highest BCUT2D eigenvalue weighted by Crippen LogP contribution is 2.37. The first-order chi connectivity index (χ1) is 15.7. The Morgan fingerprint density at radius 2 is 1.30 bits per heavy atom. The first kappa shape index (κ1) is 25.0. The average molecular weight is 452 g/mol. The number of esters is 1. The molecule has 0 saturated carbocycles. The van der Waals surface area contributed by atoms with E-state index in [1.807, 2.05) is 53.3 Å². The predicted molar refractivity (Wildman–Crippen MR) is 126 cm³/mol. The third-order valence-corrected chi connectivity index (χ3v) is 6.25. The molecule has 2 atom stereocenters. The standard InChI is InChI=1S/C12H16BNO3.C11H14BNO3/c1-13(16)14-8-9-5-3-4-6-10(9)11(14)7-12(15)17-2;1-12(16)13-7-8-4-2-3-5-9(8)10(13)6-11(14)15/h3-6,11,16H,7-8H2,1-2H3;2-5,10,16H,6-7H2,1H3,(H,14,15). The van der Waals surface area contributed by atoms with E-state index in [1.165, 1.54) is 12.7 Å². The number of fused-ring (bicyclic) bond motifs is 2. The van der Waals surface area contributed by atoms with Crippen LogP contribution in [-0.2, 0) is 27.4 Å². The van der Waals surface area contributed by atoms with E-state index >= 15 is 0 Å². The molecule has 174 valence electrons. The lowest BCUT2D eigenvalue weighted by Crippen LogP contribution is -2.36. The molecule has 0 saturated heterocycles. The van der Waals surface area contributed by atoms with Gasteiger partial charge in [0.05, 0.1) is 20.0 Å². The maximum absolute atomic E-state index is 11.4. The van der Waals surface area contributed by atoms with Crippen molar-refractivity contribution in [1.82, 2.24) is 9.62 Å². The van der Waals surface area contributed by atoms with Crippen LogP contribution in [0, 0.1) is 0 Å². The number of carboxylic acid groups (broad SMARTS) is 1. The fourth-order valence-electron chi connectivity index (χ4n) is 4.62. The first-order valence-electron chi connectivity index (χ1n) is 11.0. The molecule has 2 aliphatic heterocycles. The summed E-state index contributed by atoms with van der Waals surface area (Å²) in [7, 11) is 0.185. The third kappa shape index (κ3) is 5.83. The number of ether oxygens (including phenoxy) is 1. The van der Waals surface area contributed by atoms with E-state index in [4.69, 9.17) is 9.84 Å². The van der Waals surface area contributed by atoms with Gasteiger partial charge in [0.15, 0.2) is 0 Å². The number of carbonyl (C=O) groups is 2. The molecule has 0 spiro atoms. The van der Waals surface area contributed by atoms with E-state index in [2.05, 4.69) is 0 Å². The molecular weight excluding hydrogens is 422 g/mol. The predicted octanol–water partition coefficient (Wildman–Crippen LogP) is 2.35. The van der Waals surface area contributed by atoms with Crippen molar-refractivity contribution in [2.75, 3.05) is 7.11 Å². The Balaban J connectivity index is 0.000000186. The molecule has 2 aromatic rings. The van der Waals surface area contributed by atoms with Crippen LogP contribution in [0.25, 0.3) is 0 Å². The van der Waals surface area contributed by atoms with Gasteiger partial charge < -0.3 is 29.5 Å². The van der Waals surface area contributed by atoms with Gasteiger partial charge in [0.25, 0.3) is 0 Å². The summed E-state index contributed by atoms with van der Waals surface area (Å²) in [6, 6.07) is 15.4. The SMILES string of the molecule is CB(O)N1Cc2ccccc2C1CC(=O)O.COC(=O)CC1c2ccccc2CN1B(C)O. The Kier molecular flexibility index (Phi) is 8.31. The molecule has 10 heteroatoms. The van der Waals surface area contributed by atoms with Crippen LogP contribution in [0.4, 0.5) is 0 Å². The van der Waals surface area contributed by atoms with Gasteiger partial charge in [-0.25, -0.2) is 0 Å². The monoisotopic (exact) mass is 452 g/mol. The molecule has 2 unspecified atom stereocenters. The molecule has 0 aromatic heterocycles. The molecule has 0 aliphatic carbocycles. The summed E-state index contributed by atoms with van der Waals surface area (Å²) >= 11 is 0. The van der Waals surface area contributed by atoms with Crippen LogP contribution in [0.2, 0.25) is 13.6 Å². The highest BCUT2D eigenvalue weighted by Gasteiger charge is 2.36. The van der Waals surface area contributed by atoms with Crippen LogP contribution < -0.4 is 0 Å². The van der Waals surface area contributed by atoms with Crippen molar-refractivity contribution in [2.45, 2.75) is 51.7 Å². The van der Waals surface area contributed by atoms with Crippen molar-refractivity contribution >= 4 is 26.0 Å². The van der Waals surface area contributed by atoms with Crippen LogP contribution in [0.1, 0.15) is 47.2 Å². The van der Waals surface area contributed by atoms with Gasteiger partial charge >= 0.3 is 26.0 Å². The summed E-state index contributed by atoms with van der Waals surface area (Å²) in [6.07, 6.45) is 0.306. The number of rotatable bonds is 6. The molecule has 0 bridgehead atoms. The van der Waals surface area contributed by atoms with E-state index in [0.717, 1.165) is 16.7 Å². The number of aliphatic carboxylic acids is 1. The number of hydrogen-bond donors (Lipinski definition) is 3. The van der Waals surface area contributed by atoms with Crippen molar-refractivity contribution in [3.63, 3.8) is 0 Å². The zero-order valence-corrected chi connectivity index (χ0v) is 19.2. The Bertz CT molecular complexity index is 987. The van der Waals surface area contributed by atoms with E-state index in [0.29, 0.717) is 13.1 Å². The minimum Gasteiger partial charge on any atom is -0.481 e. The molecule has 33 heavy (non-hydrogen) atoms. The second kappa shape index (κ2) is 11.0. The fraction of sp³-hybridized carbons (Fsp3) is 0.391. The number of nitrogens with zero attached hydrogens (tertiary/aromatic N) is 2. The largest absolute Gasteiger partial charge is 0.481 e. The van der Waals surface area contributed by atoms with Crippen molar-refractivity contribution in [3.8, 4) is 0 Å². The highest BCUT2D eigenvalue weighted by molar-refractivity contribution is 6.45. The van der Waals surface area contributed by atoms with Crippen molar-refractivity contribution in [1.29, 1.82) is 0 Å². The second-order valence-electron chi connectivity index (χ2n) is 8.42. The molecule has 2 aromatic carbocycles. The van der Waals surface area contributed by atoms with Crippen LogP contribution in [0.5, 0.6) is 0 Å². The van der Waals surface area contributed by atoms with Crippen molar-refractivity contribution in [2.24, 2.45) is 0 Å². The van der Waals surface area contributed by atoms with Gasteiger partial charge in [-0.2, -0.15) is 0 Å². The first-order valence-corrected chi connectivity index (χ1v) is 11.0. The lowest BCUT2D eigenvalue weighted by molar-refractivity contribution is -0.141. The van der Waals surface area contributed by atoms with Gasteiger partial charge in [0.2, 0.25) is 0 Å². The smallest absolute Gasteiger partial charge is 0.377 e. The maximum Gasteiger partial charge on any atom is 0.377 e. The lowest BCUT2D eigenvalue weighted by Gasteiger charge is -2.24. The number of hydrogen-bond acceptors (Lipinski definition) is 7. The maximum atomic E-state index is 11.4. The second-order valence-corrected chi connectivity index (χ2v) is 8.42. The van der Waals surface area contributed by atoms with Crippen LogP contribution >= 0.6 is 0 Å².